The van der Waals surface area contributed by atoms with Crippen molar-refractivity contribution in [1.82, 2.24) is 0 Å². The molecule has 0 aliphatic heterocycles. The van der Waals surface area contributed by atoms with E-state index in [1.54, 1.807) is 6.26 Å². The highest BCUT2D eigenvalue weighted by molar-refractivity contribution is 9.10. The minimum Gasteiger partial charge on any atom is -0.469 e. The van der Waals surface area contributed by atoms with E-state index >= 15 is 0 Å². The summed E-state index contributed by atoms with van der Waals surface area (Å²) in [5, 5.41) is 0. The molecule has 0 fully saturated rings. The maximum Gasteiger partial charge on any atom is 0.105 e. The summed E-state index contributed by atoms with van der Waals surface area (Å²) in [5.41, 5.74) is 9.49. The average Bonchev–Trinajstić information content (AvgIpc) is 2.77. The maximum atomic E-state index is 5.86. The van der Waals surface area contributed by atoms with Gasteiger partial charge < -0.3 is 15.1 Å². The summed E-state index contributed by atoms with van der Waals surface area (Å²) >= 11 is 3.64. The van der Waals surface area contributed by atoms with E-state index < -0.39 is 0 Å². The second-order valence-electron chi connectivity index (χ2n) is 5.32. The minimum atomic E-state index is 0.170. The second kappa shape index (κ2) is 6.46. The van der Waals surface area contributed by atoms with Gasteiger partial charge in [0.2, 0.25) is 0 Å². The summed E-state index contributed by atoms with van der Waals surface area (Å²) in [5.74, 6) is 0.976. The van der Waals surface area contributed by atoms with Crippen LogP contribution < -0.4 is 10.6 Å². The lowest BCUT2D eigenvalue weighted by atomic mass is 10.1. The van der Waals surface area contributed by atoms with Crippen LogP contribution in [0.1, 0.15) is 23.8 Å². The summed E-state index contributed by atoms with van der Waals surface area (Å²) in [4.78, 5) is 2.21. The van der Waals surface area contributed by atoms with Gasteiger partial charge in [-0.1, -0.05) is 22.0 Å². The largest absolute Gasteiger partial charge is 0.469 e. The molecule has 108 valence electrons. The lowest BCUT2D eigenvalue weighted by molar-refractivity contribution is 0.529. The van der Waals surface area contributed by atoms with Crippen LogP contribution in [0.4, 0.5) is 5.69 Å². The number of anilines is 1. The fraction of sp³-hybridized carbons (Fsp3) is 0.375. The predicted octanol–water partition coefficient (Wildman–Crippen LogP) is 3.88. The number of hydrogen-bond acceptors (Lipinski definition) is 3. The van der Waals surface area contributed by atoms with E-state index in [0.717, 1.165) is 23.2 Å². The monoisotopic (exact) mass is 336 g/mol. The van der Waals surface area contributed by atoms with E-state index in [2.05, 4.69) is 46.1 Å². The van der Waals surface area contributed by atoms with Crippen molar-refractivity contribution < 1.29 is 4.42 Å². The van der Waals surface area contributed by atoms with Gasteiger partial charge in [-0.2, -0.15) is 0 Å². The SMILES string of the molecule is Cc1occc1CN(C)c1ccc(CC(C)N)c(Br)c1. The smallest absolute Gasteiger partial charge is 0.105 e. The molecule has 0 spiro atoms. The molecule has 4 heteroatoms. The third kappa shape index (κ3) is 3.64. The first kappa shape index (κ1) is 15.1. The van der Waals surface area contributed by atoms with E-state index in [1.165, 1.54) is 16.8 Å². The average molecular weight is 337 g/mol. The normalized spacial score (nSPS) is 12.4. The molecular weight excluding hydrogens is 316 g/mol. The molecule has 0 radical (unpaired) electrons. The van der Waals surface area contributed by atoms with Crippen LogP contribution >= 0.6 is 15.9 Å². The van der Waals surface area contributed by atoms with Crippen molar-refractivity contribution in [3.8, 4) is 0 Å². The summed E-state index contributed by atoms with van der Waals surface area (Å²) < 4.78 is 6.45. The van der Waals surface area contributed by atoms with Crippen LogP contribution in [0.3, 0.4) is 0 Å². The highest BCUT2D eigenvalue weighted by atomic mass is 79.9. The van der Waals surface area contributed by atoms with Crippen molar-refractivity contribution in [2.24, 2.45) is 5.73 Å². The Balaban J connectivity index is 2.12. The number of aryl methyl sites for hydroxylation is 1. The Morgan fingerprint density at radius 1 is 1.30 bits per heavy atom. The molecule has 0 saturated carbocycles. The highest BCUT2D eigenvalue weighted by Crippen LogP contribution is 2.26. The molecule has 1 aromatic carbocycles. The van der Waals surface area contributed by atoms with E-state index in [4.69, 9.17) is 10.2 Å². The first-order valence-electron chi connectivity index (χ1n) is 6.75. The van der Waals surface area contributed by atoms with Crippen molar-refractivity contribution in [3.05, 3.63) is 51.9 Å². The number of nitrogens with two attached hydrogens (primary N) is 1. The summed E-state index contributed by atoms with van der Waals surface area (Å²) in [6.07, 6.45) is 2.62. The number of benzene rings is 1. The first-order valence-corrected chi connectivity index (χ1v) is 7.54. The Morgan fingerprint density at radius 2 is 2.05 bits per heavy atom. The third-order valence-electron chi connectivity index (χ3n) is 3.39. The number of rotatable bonds is 5. The highest BCUT2D eigenvalue weighted by Gasteiger charge is 2.09. The van der Waals surface area contributed by atoms with Crippen molar-refractivity contribution in [2.45, 2.75) is 32.9 Å². The molecule has 1 aromatic heterocycles. The number of nitrogens with zero attached hydrogens (tertiary/aromatic N) is 1. The Kier molecular flexibility index (Phi) is 4.89. The van der Waals surface area contributed by atoms with E-state index in [9.17, 15) is 0 Å². The number of furan rings is 1. The number of halogens is 1. The van der Waals surface area contributed by atoms with Crippen molar-refractivity contribution in [2.75, 3.05) is 11.9 Å². The zero-order valence-corrected chi connectivity index (χ0v) is 13.8. The first-order chi connectivity index (χ1) is 9.47. The molecule has 2 rings (SSSR count). The number of hydrogen-bond donors (Lipinski definition) is 1. The fourth-order valence-corrected chi connectivity index (χ4v) is 2.74. The van der Waals surface area contributed by atoms with Crippen LogP contribution in [-0.4, -0.2) is 13.1 Å². The maximum absolute atomic E-state index is 5.86. The Morgan fingerprint density at radius 3 is 2.60 bits per heavy atom. The topological polar surface area (TPSA) is 42.4 Å². The van der Waals surface area contributed by atoms with Crippen LogP contribution in [0.5, 0.6) is 0 Å². The molecule has 20 heavy (non-hydrogen) atoms. The van der Waals surface area contributed by atoms with Gasteiger partial charge in [-0.25, -0.2) is 0 Å². The van der Waals surface area contributed by atoms with Gasteiger partial charge in [-0.3, -0.25) is 0 Å². The van der Waals surface area contributed by atoms with Gasteiger partial charge >= 0.3 is 0 Å². The van der Waals surface area contributed by atoms with Gasteiger partial charge in [0.1, 0.15) is 5.76 Å². The quantitative estimate of drug-likeness (QED) is 0.900. The Labute approximate surface area is 128 Å². The molecule has 3 nitrogen and oxygen atoms in total. The predicted molar refractivity (Wildman–Crippen MR) is 87.0 cm³/mol. The molecule has 1 atom stereocenters. The lowest BCUT2D eigenvalue weighted by Gasteiger charge is -2.20. The van der Waals surface area contributed by atoms with Crippen LogP contribution in [0.2, 0.25) is 0 Å². The van der Waals surface area contributed by atoms with Gasteiger partial charge in [0.05, 0.1) is 6.26 Å². The van der Waals surface area contributed by atoms with Gasteiger partial charge in [-0.05, 0) is 44.0 Å². The molecule has 0 aliphatic carbocycles. The van der Waals surface area contributed by atoms with Gasteiger partial charge in [0.25, 0.3) is 0 Å². The van der Waals surface area contributed by atoms with Crippen LogP contribution in [0.25, 0.3) is 0 Å². The van der Waals surface area contributed by atoms with E-state index in [-0.39, 0.29) is 6.04 Å². The molecule has 0 amide bonds. The summed E-state index contributed by atoms with van der Waals surface area (Å²) in [6.45, 7) is 4.85. The minimum absolute atomic E-state index is 0.170. The van der Waals surface area contributed by atoms with Crippen LogP contribution in [-0.2, 0) is 13.0 Å². The van der Waals surface area contributed by atoms with Crippen LogP contribution in [0, 0.1) is 6.92 Å². The van der Waals surface area contributed by atoms with Crippen molar-refractivity contribution in [1.29, 1.82) is 0 Å². The van der Waals surface area contributed by atoms with E-state index in [0.29, 0.717) is 0 Å². The molecular formula is C16H21BrN2O. The standard InChI is InChI=1S/C16H21BrN2O/c1-11(18)8-13-4-5-15(9-16(13)17)19(3)10-14-6-7-20-12(14)2/h4-7,9,11H,8,10,18H2,1-3H3. The van der Waals surface area contributed by atoms with Gasteiger partial charge in [0.15, 0.2) is 0 Å². The van der Waals surface area contributed by atoms with E-state index in [1.807, 2.05) is 19.9 Å². The Bertz CT molecular complexity index is 578. The zero-order chi connectivity index (χ0) is 14.7. The lowest BCUT2D eigenvalue weighted by Crippen LogP contribution is -2.19. The molecule has 0 aliphatic rings. The van der Waals surface area contributed by atoms with Gasteiger partial charge in [-0.15, -0.1) is 0 Å². The fourth-order valence-electron chi connectivity index (χ4n) is 2.21. The molecule has 2 N–H and O–H groups in total. The Hall–Kier alpha value is -1.26. The van der Waals surface area contributed by atoms with Crippen LogP contribution in [0.15, 0.2) is 39.4 Å². The summed E-state index contributed by atoms with van der Waals surface area (Å²) in [6, 6.07) is 8.61. The van der Waals surface area contributed by atoms with Gasteiger partial charge in [0, 0.05) is 35.4 Å². The molecule has 0 bridgehead atoms. The van der Waals surface area contributed by atoms with Crippen molar-refractivity contribution >= 4 is 21.6 Å². The molecule has 1 unspecified atom stereocenters. The summed E-state index contributed by atoms with van der Waals surface area (Å²) in [7, 11) is 2.08. The molecule has 0 saturated heterocycles. The third-order valence-corrected chi connectivity index (χ3v) is 4.13. The molecule has 1 heterocycles. The molecule has 2 aromatic rings. The van der Waals surface area contributed by atoms with Crippen molar-refractivity contribution in [3.63, 3.8) is 0 Å². The second-order valence-corrected chi connectivity index (χ2v) is 6.17. The zero-order valence-electron chi connectivity index (χ0n) is 12.2.